The van der Waals surface area contributed by atoms with Gasteiger partial charge >= 0.3 is 5.95 Å². The van der Waals surface area contributed by atoms with Crippen LogP contribution in [0.15, 0.2) is 64.0 Å². The van der Waals surface area contributed by atoms with Gasteiger partial charge in [-0.3, -0.25) is 0 Å². The lowest BCUT2D eigenvalue weighted by Gasteiger charge is -1.98. The quantitative estimate of drug-likeness (QED) is 0.732. The molecule has 0 radical (unpaired) electrons. The molecule has 23 heavy (non-hydrogen) atoms. The number of para-hydroxylation sites is 1. The maximum absolute atomic E-state index is 10.0. The maximum Gasteiger partial charge on any atom is 0.310 e. The van der Waals surface area contributed by atoms with E-state index in [2.05, 4.69) is 9.98 Å². The Morgan fingerprint density at radius 1 is 1.00 bits per heavy atom. The van der Waals surface area contributed by atoms with Crippen LogP contribution in [-0.2, 0) is 0 Å². The smallest absolute Gasteiger partial charge is 0.310 e. The summed E-state index contributed by atoms with van der Waals surface area (Å²) >= 11 is 6.21. The van der Waals surface area contributed by atoms with E-state index in [1.54, 1.807) is 6.08 Å². The van der Waals surface area contributed by atoms with E-state index in [-0.39, 0.29) is 5.95 Å². The van der Waals surface area contributed by atoms with Gasteiger partial charge in [-0.1, -0.05) is 48.0 Å². The van der Waals surface area contributed by atoms with Crippen molar-refractivity contribution in [3.05, 3.63) is 65.9 Å². The zero-order valence-corrected chi connectivity index (χ0v) is 12.7. The van der Waals surface area contributed by atoms with Crippen LogP contribution in [0, 0.1) is 0 Å². The molecule has 0 amide bonds. The third-order valence-corrected chi connectivity index (χ3v) is 3.86. The normalized spacial score (nSPS) is 14.8. The van der Waals surface area contributed by atoms with Crippen LogP contribution in [0.4, 0.5) is 5.69 Å². The summed E-state index contributed by atoms with van der Waals surface area (Å²) in [5.74, 6) is 0.111. The lowest BCUT2D eigenvalue weighted by Crippen LogP contribution is -1.87. The Labute approximate surface area is 137 Å². The lowest BCUT2D eigenvalue weighted by molar-refractivity contribution is 0.336. The Morgan fingerprint density at radius 2 is 1.74 bits per heavy atom. The van der Waals surface area contributed by atoms with Crippen molar-refractivity contribution < 1.29 is 9.52 Å². The van der Waals surface area contributed by atoms with Gasteiger partial charge in [0.2, 0.25) is 5.89 Å². The van der Waals surface area contributed by atoms with Gasteiger partial charge < -0.3 is 9.52 Å². The zero-order chi connectivity index (χ0) is 15.8. The molecule has 4 nitrogen and oxygen atoms in total. The van der Waals surface area contributed by atoms with Gasteiger partial charge in [0.15, 0.2) is 0 Å². The number of aliphatic imine (C=N–C) groups is 1. The van der Waals surface area contributed by atoms with Crippen LogP contribution in [0.1, 0.15) is 11.3 Å². The van der Waals surface area contributed by atoms with Gasteiger partial charge in [-0.25, -0.2) is 9.98 Å². The Bertz CT molecular complexity index is 943. The molecule has 2 aromatic carbocycles. The topological polar surface area (TPSA) is 58.6 Å². The van der Waals surface area contributed by atoms with E-state index in [0.717, 1.165) is 16.8 Å². The van der Waals surface area contributed by atoms with Crippen molar-refractivity contribution in [2.75, 3.05) is 0 Å². The van der Waals surface area contributed by atoms with Crippen molar-refractivity contribution in [2.24, 2.45) is 4.99 Å². The van der Waals surface area contributed by atoms with Crippen molar-refractivity contribution in [1.29, 1.82) is 0 Å². The number of aromatic hydroxyl groups is 1. The van der Waals surface area contributed by atoms with Crippen LogP contribution < -0.4 is 0 Å². The molecule has 112 valence electrons. The molecule has 0 atom stereocenters. The predicted octanol–water partition coefficient (Wildman–Crippen LogP) is 4.87. The molecule has 0 aliphatic carbocycles. The molecular weight excluding hydrogens is 312 g/mol. The summed E-state index contributed by atoms with van der Waals surface area (Å²) in [7, 11) is 0. The summed E-state index contributed by atoms with van der Waals surface area (Å²) in [4.78, 5) is 8.64. The van der Waals surface area contributed by atoms with Gasteiger partial charge in [0.25, 0.3) is 0 Å². The summed E-state index contributed by atoms with van der Waals surface area (Å²) < 4.78 is 5.35. The number of aromatic nitrogens is 1. The molecule has 0 spiro atoms. The van der Waals surface area contributed by atoms with Crippen molar-refractivity contribution >= 4 is 34.1 Å². The first-order chi connectivity index (χ1) is 11.2. The van der Waals surface area contributed by atoms with Crippen molar-refractivity contribution in [1.82, 2.24) is 4.98 Å². The second-order valence-corrected chi connectivity index (χ2v) is 5.41. The summed E-state index contributed by atoms with van der Waals surface area (Å²) in [6.45, 7) is 0. The fraction of sp³-hybridized carbons (Fsp3) is 0. The van der Waals surface area contributed by atoms with E-state index >= 15 is 0 Å². The minimum absolute atomic E-state index is 0.245. The first-order valence-electron chi connectivity index (χ1n) is 7.03. The molecule has 5 heteroatoms. The van der Waals surface area contributed by atoms with E-state index in [4.69, 9.17) is 16.0 Å². The Hall–Kier alpha value is -2.85. The van der Waals surface area contributed by atoms with Crippen LogP contribution in [0.3, 0.4) is 0 Å². The van der Waals surface area contributed by atoms with E-state index in [1.165, 1.54) is 0 Å². The number of halogens is 1. The highest BCUT2D eigenvalue weighted by molar-refractivity contribution is 6.78. The van der Waals surface area contributed by atoms with Crippen molar-refractivity contribution in [3.63, 3.8) is 0 Å². The summed E-state index contributed by atoms with van der Waals surface area (Å²) in [5, 5.41) is 10.4. The maximum atomic E-state index is 10.0. The third-order valence-electron chi connectivity index (χ3n) is 3.57. The highest BCUT2D eigenvalue weighted by Crippen LogP contribution is 2.38. The Kier molecular flexibility index (Phi) is 3.24. The Morgan fingerprint density at radius 3 is 2.57 bits per heavy atom. The molecule has 0 saturated heterocycles. The van der Waals surface area contributed by atoms with E-state index in [0.29, 0.717) is 22.3 Å². The fourth-order valence-corrected chi connectivity index (χ4v) is 2.72. The van der Waals surface area contributed by atoms with Crippen LogP contribution in [-0.4, -0.2) is 15.3 Å². The van der Waals surface area contributed by atoms with Gasteiger partial charge in [0.1, 0.15) is 10.9 Å². The van der Waals surface area contributed by atoms with Gasteiger partial charge in [0.05, 0.1) is 5.69 Å². The number of oxazole rings is 1. The summed E-state index contributed by atoms with van der Waals surface area (Å²) in [6, 6.07) is 17.0. The molecule has 0 bridgehead atoms. The second kappa shape index (κ2) is 5.41. The van der Waals surface area contributed by atoms with Crippen LogP contribution in [0.5, 0.6) is 5.95 Å². The van der Waals surface area contributed by atoms with Crippen LogP contribution in [0.2, 0.25) is 0 Å². The number of rotatable bonds is 2. The highest BCUT2D eigenvalue weighted by Gasteiger charge is 2.21. The molecule has 1 aliphatic heterocycles. The Balaban J connectivity index is 1.78. The number of fused-ring (bicyclic) bond motifs is 1. The predicted molar refractivity (Wildman–Crippen MR) is 90.9 cm³/mol. The van der Waals surface area contributed by atoms with Gasteiger partial charge in [-0.2, -0.15) is 0 Å². The number of hydrogen-bond acceptors (Lipinski definition) is 4. The fourth-order valence-electron chi connectivity index (χ4n) is 2.47. The molecule has 3 aromatic rings. The molecule has 0 saturated carbocycles. The molecule has 1 aliphatic rings. The van der Waals surface area contributed by atoms with E-state index in [9.17, 15) is 5.11 Å². The molecule has 2 heterocycles. The summed E-state index contributed by atoms with van der Waals surface area (Å²) in [5.41, 5.74) is 3.53. The lowest BCUT2D eigenvalue weighted by atomic mass is 10.1. The van der Waals surface area contributed by atoms with Crippen LogP contribution >= 0.6 is 11.6 Å². The second-order valence-electron chi connectivity index (χ2n) is 5.05. The molecule has 0 unspecified atom stereocenters. The molecular formula is C18H11ClN2O2. The molecule has 1 aromatic heterocycles. The SMILES string of the molecule is Oc1oc(-c2ccccc2)nc1C=C1C(Cl)=Nc2ccccc21. The molecule has 0 fully saturated rings. The van der Waals surface area contributed by atoms with Crippen molar-refractivity contribution in [3.8, 4) is 17.4 Å². The van der Waals surface area contributed by atoms with Gasteiger partial charge in [-0.05, 0) is 24.3 Å². The average molecular weight is 323 g/mol. The minimum atomic E-state index is -0.245. The van der Waals surface area contributed by atoms with E-state index in [1.807, 2.05) is 54.6 Å². The van der Waals surface area contributed by atoms with Gasteiger partial charge in [0, 0.05) is 16.7 Å². The average Bonchev–Trinajstić information content (AvgIpc) is 3.10. The third kappa shape index (κ3) is 2.43. The minimum Gasteiger partial charge on any atom is -0.479 e. The monoisotopic (exact) mass is 322 g/mol. The zero-order valence-electron chi connectivity index (χ0n) is 11.9. The van der Waals surface area contributed by atoms with Crippen LogP contribution in [0.25, 0.3) is 23.1 Å². The number of nitrogens with zero attached hydrogens (tertiary/aromatic N) is 2. The largest absolute Gasteiger partial charge is 0.479 e. The van der Waals surface area contributed by atoms with Gasteiger partial charge in [-0.15, -0.1) is 0 Å². The molecule has 1 N–H and O–H groups in total. The summed E-state index contributed by atoms with van der Waals surface area (Å²) in [6.07, 6.45) is 1.68. The standard InChI is InChI=1S/C18H11ClN2O2/c19-16-13(12-8-4-5-9-14(12)20-16)10-15-18(22)23-17(21-15)11-6-2-1-3-7-11/h1-10,22H. The molecule has 4 rings (SSSR count). The first kappa shape index (κ1) is 13.8. The number of allylic oxidation sites excluding steroid dienone is 1. The van der Waals surface area contributed by atoms with E-state index < -0.39 is 0 Å². The van der Waals surface area contributed by atoms with Crippen molar-refractivity contribution in [2.45, 2.75) is 0 Å². The number of benzene rings is 2. The highest BCUT2D eigenvalue weighted by atomic mass is 35.5. The number of hydrogen-bond donors (Lipinski definition) is 1. The first-order valence-corrected chi connectivity index (χ1v) is 7.41.